The molecule has 0 fully saturated rings. The zero-order valence-electron chi connectivity index (χ0n) is 6.51. The molecule has 1 aromatic rings. The molecule has 0 amide bonds. The van der Waals surface area contributed by atoms with Gasteiger partial charge in [0.15, 0.2) is 0 Å². The van der Waals surface area contributed by atoms with Crippen molar-refractivity contribution in [3.05, 3.63) is 35.9 Å². The number of benzene rings is 1. The van der Waals surface area contributed by atoms with Gasteiger partial charge in [0.25, 0.3) is 0 Å². The van der Waals surface area contributed by atoms with Crippen molar-refractivity contribution < 1.29 is 0 Å². The van der Waals surface area contributed by atoms with Gasteiger partial charge in [-0.2, -0.15) is 0 Å². The molecule has 0 N–H and O–H groups in total. The molecule has 0 atom stereocenters. The van der Waals surface area contributed by atoms with Crippen molar-refractivity contribution >= 4 is 7.28 Å². The lowest BCUT2D eigenvalue weighted by Crippen LogP contribution is -1.86. The summed E-state index contributed by atoms with van der Waals surface area (Å²) >= 11 is 0. The van der Waals surface area contributed by atoms with Crippen LogP contribution in [0.3, 0.4) is 0 Å². The van der Waals surface area contributed by atoms with E-state index in [1.54, 1.807) is 0 Å². The maximum atomic E-state index is 2.23. The minimum absolute atomic E-state index is 1.23. The maximum Gasteiger partial charge on any atom is 0.117 e. The zero-order chi connectivity index (χ0) is 7.23. The summed E-state index contributed by atoms with van der Waals surface area (Å²) in [5.74, 6) is 0. The van der Waals surface area contributed by atoms with Gasteiger partial charge in [0.05, 0.1) is 0 Å². The summed E-state index contributed by atoms with van der Waals surface area (Å²) in [5.41, 5.74) is 1.46. The molecule has 0 radical (unpaired) electrons. The molecule has 0 nitrogen and oxygen atoms in total. The van der Waals surface area contributed by atoms with Crippen LogP contribution < -0.4 is 0 Å². The first-order valence-corrected chi connectivity index (χ1v) is 3.97. The first-order valence-electron chi connectivity index (χ1n) is 3.97. The predicted octanol–water partition coefficient (Wildman–Crippen LogP) is 2.13. The van der Waals surface area contributed by atoms with Crippen LogP contribution >= 0.6 is 0 Å². The molecule has 0 heterocycles. The first kappa shape index (κ1) is 7.39. The van der Waals surface area contributed by atoms with Gasteiger partial charge in [0.2, 0.25) is 0 Å². The van der Waals surface area contributed by atoms with Crippen molar-refractivity contribution in [2.45, 2.75) is 19.6 Å². The Kier molecular flexibility index (Phi) is 3.07. The molecule has 0 spiro atoms. The molecular weight excluding hydrogens is 119 g/mol. The van der Waals surface area contributed by atoms with Crippen molar-refractivity contribution in [2.24, 2.45) is 0 Å². The molecule has 52 valence electrons. The highest BCUT2D eigenvalue weighted by Crippen LogP contribution is 2.01. The van der Waals surface area contributed by atoms with Crippen LogP contribution in [0.15, 0.2) is 30.3 Å². The van der Waals surface area contributed by atoms with Gasteiger partial charge in [0, 0.05) is 0 Å². The van der Waals surface area contributed by atoms with E-state index in [0.717, 1.165) is 0 Å². The van der Waals surface area contributed by atoms with Gasteiger partial charge in [0.1, 0.15) is 7.28 Å². The van der Waals surface area contributed by atoms with Gasteiger partial charge in [-0.3, -0.25) is 0 Å². The summed E-state index contributed by atoms with van der Waals surface area (Å²) in [7, 11) is 1.29. The second-order valence-corrected chi connectivity index (χ2v) is 2.59. The largest absolute Gasteiger partial charge is 0.117 e. The van der Waals surface area contributed by atoms with Gasteiger partial charge in [-0.15, -0.1) is 0 Å². The molecule has 0 bridgehead atoms. The Bertz CT molecular complexity index is 169. The third-order valence-electron chi connectivity index (χ3n) is 1.66. The lowest BCUT2D eigenvalue weighted by Gasteiger charge is -1.95. The summed E-state index contributed by atoms with van der Waals surface area (Å²) < 4.78 is 0. The normalized spacial score (nSPS) is 9.30. The number of rotatable bonds is 3. The number of hydrogen-bond acceptors (Lipinski definition) is 0. The molecule has 1 rings (SSSR count). The van der Waals surface area contributed by atoms with Crippen molar-refractivity contribution in [1.29, 1.82) is 0 Å². The van der Waals surface area contributed by atoms with Gasteiger partial charge in [-0.25, -0.2) is 0 Å². The van der Waals surface area contributed by atoms with Crippen LogP contribution in [-0.2, 0) is 6.42 Å². The predicted molar refractivity (Wildman–Crippen MR) is 48.0 cm³/mol. The van der Waals surface area contributed by atoms with Gasteiger partial charge in [-0.1, -0.05) is 43.5 Å². The second kappa shape index (κ2) is 4.16. The quantitative estimate of drug-likeness (QED) is 0.552. The fourth-order valence-electron chi connectivity index (χ4n) is 1.03. The molecule has 0 saturated heterocycles. The van der Waals surface area contributed by atoms with Crippen molar-refractivity contribution in [3.63, 3.8) is 0 Å². The molecule has 0 aromatic heterocycles. The van der Waals surface area contributed by atoms with Crippen LogP contribution in [0.5, 0.6) is 0 Å². The summed E-state index contributed by atoms with van der Waals surface area (Å²) in [6.07, 6.45) is 2.54. The van der Waals surface area contributed by atoms with E-state index in [9.17, 15) is 0 Å². The smallest absolute Gasteiger partial charge is 0.0893 e. The molecule has 0 unspecified atom stereocenters. The Morgan fingerprint density at radius 2 is 1.90 bits per heavy atom. The first-order chi connectivity index (χ1) is 4.93. The number of aryl methyl sites for hydroxylation is 1. The van der Waals surface area contributed by atoms with Crippen LogP contribution in [0.25, 0.3) is 0 Å². The van der Waals surface area contributed by atoms with Crippen molar-refractivity contribution in [2.75, 3.05) is 0 Å². The minimum Gasteiger partial charge on any atom is -0.0893 e. The topological polar surface area (TPSA) is 0 Å². The Morgan fingerprint density at radius 3 is 2.50 bits per heavy atom. The van der Waals surface area contributed by atoms with E-state index in [1.807, 2.05) is 0 Å². The van der Waals surface area contributed by atoms with Gasteiger partial charge >= 0.3 is 0 Å². The highest BCUT2D eigenvalue weighted by molar-refractivity contribution is 6.33. The minimum atomic E-state index is 1.23. The summed E-state index contributed by atoms with van der Waals surface area (Å²) in [6.45, 7) is 2.23. The Balaban J connectivity index is 2.43. The van der Waals surface area contributed by atoms with Crippen LogP contribution in [0, 0.1) is 0 Å². The SMILES string of the molecule is CBCCc1ccccc1. The van der Waals surface area contributed by atoms with Crippen molar-refractivity contribution in [1.82, 2.24) is 0 Å². The molecule has 10 heavy (non-hydrogen) atoms. The van der Waals surface area contributed by atoms with Crippen LogP contribution in [0.4, 0.5) is 0 Å². The van der Waals surface area contributed by atoms with Crippen LogP contribution in [0.1, 0.15) is 5.56 Å². The summed E-state index contributed by atoms with van der Waals surface area (Å²) in [4.78, 5) is 0. The third-order valence-corrected chi connectivity index (χ3v) is 1.66. The van der Waals surface area contributed by atoms with E-state index in [1.165, 1.54) is 25.6 Å². The van der Waals surface area contributed by atoms with E-state index in [4.69, 9.17) is 0 Å². The fraction of sp³-hybridized carbons (Fsp3) is 0.333. The van der Waals surface area contributed by atoms with Gasteiger partial charge in [-0.05, 0) is 12.0 Å². The van der Waals surface area contributed by atoms with E-state index in [-0.39, 0.29) is 0 Å². The van der Waals surface area contributed by atoms with E-state index < -0.39 is 0 Å². The Hall–Kier alpha value is -0.715. The van der Waals surface area contributed by atoms with E-state index in [0.29, 0.717) is 0 Å². The fourth-order valence-corrected chi connectivity index (χ4v) is 1.03. The Labute approximate surface area is 63.5 Å². The second-order valence-electron chi connectivity index (χ2n) is 2.59. The molecule has 0 aliphatic rings. The monoisotopic (exact) mass is 132 g/mol. The van der Waals surface area contributed by atoms with Crippen LogP contribution in [0.2, 0.25) is 13.1 Å². The lowest BCUT2D eigenvalue weighted by molar-refractivity contribution is 1.12. The average molecular weight is 132 g/mol. The summed E-state index contributed by atoms with van der Waals surface area (Å²) in [5, 5.41) is 0. The lowest BCUT2D eigenvalue weighted by atomic mass is 9.76. The molecule has 1 aromatic carbocycles. The zero-order valence-corrected chi connectivity index (χ0v) is 6.51. The third kappa shape index (κ3) is 2.26. The van der Waals surface area contributed by atoms with Crippen LogP contribution in [-0.4, -0.2) is 7.28 Å². The average Bonchev–Trinajstić information content (AvgIpc) is 2.03. The van der Waals surface area contributed by atoms with E-state index >= 15 is 0 Å². The molecule has 0 saturated carbocycles. The molecular formula is C9H13B. The summed E-state index contributed by atoms with van der Waals surface area (Å²) in [6, 6.07) is 10.6. The standard InChI is InChI=1S/C9H13B/c1-10-8-7-9-5-3-2-4-6-9/h2-6,10H,7-8H2,1H3. The highest BCUT2D eigenvalue weighted by atomic mass is 13.9. The Morgan fingerprint density at radius 1 is 1.20 bits per heavy atom. The van der Waals surface area contributed by atoms with Crippen molar-refractivity contribution in [3.8, 4) is 0 Å². The van der Waals surface area contributed by atoms with E-state index in [2.05, 4.69) is 37.2 Å². The maximum absolute atomic E-state index is 2.23. The molecule has 1 heteroatoms. The molecule has 0 aliphatic carbocycles. The highest BCUT2D eigenvalue weighted by Gasteiger charge is 1.88. The molecule has 0 aliphatic heterocycles. The van der Waals surface area contributed by atoms with Gasteiger partial charge < -0.3 is 0 Å². The number of hydrogen-bond donors (Lipinski definition) is 0.